The Bertz CT molecular complexity index is 679. The normalized spacial score (nSPS) is 11.2. The van der Waals surface area contributed by atoms with Gasteiger partial charge in [-0.1, -0.05) is 12.1 Å². The topological polar surface area (TPSA) is 41.8 Å². The predicted molar refractivity (Wildman–Crippen MR) is 120 cm³/mol. The lowest BCUT2D eigenvalue weighted by atomic mass is 10.1. The van der Waals surface area contributed by atoms with Gasteiger partial charge >= 0.3 is 0 Å². The largest absolute Gasteiger partial charge is 0.491 e. The van der Waals surface area contributed by atoms with Gasteiger partial charge in [-0.2, -0.15) is 0 Å². The molecular weight excluding hydrogens is 439 g/mol. The van der Waals surface area contributed by atoms with Gasteiger partial charge in [0.05, 0.1) is 12.6 Å². The third-order valence-corrected chi connectivity index (χ3v) is 4.02. The van der Waals surface area contributed by atoms with Crippen molar-refractivity contribution in [3.63, 3.8) is 0 Å². The van der Waals surface area contributed by atoms with E-state index in [4.69, 9.17) is 4.74 Å². The summed E-state index contributed by atoms with van der Waals surface area (Å²) in [6, 6.07) is 12.5. The Morgan fingerprint density at radius 3 is 2.46 bits per heavy atom. The van der Waals surface area contributed by atoms with Crippen molar-refractivity contribution in [2.75, 3.05) is 20.6 Å². The van der Waals surface area contributed by atoms with Crippen LogP contribution in [-0.4, -0.2) is 42.2 Å². The quantitative estimate of drug-likeness (QED) is 0.382. The lowest BCUT2D eigenvalue weighted by Crippen LogP contribution is -2.39. The van der Waals surface area contributed by atoms with Gasteiger partial charge in [-0.25, -0.2) is 0 Å². The fraction of sp³-hybridized carbons (Fsp3) is 0.450. The van der Waals surface area contributed by atoms with Crippen molar-refractivity contribution in [1.29, 1.82) is 0 Å². The lowest BCUT2D eigenvalue weighted by Gasteiger charge is -2.22. The Balaban J connectivity index is 0.00000338. The molecule has 0 aliphatic heterocycles. The Morgan fingerprint density at radius 2 is 1.92 bits per heavy atom. The Hall–Kier alpha value is -1.70. The monoisotopic (exact) mass is 470 g/mol. The maximum absolute atomic E-state index is 5.68. The lowest BCUT2D eigenvalue weighted by molar-refractivity contribution is 0.242. The van der Waals surface area contributed by atoms with Crippen LogP contribution in [0.2, 0.25) is 0 Å². The number of aliphatic imine (C=N–C) groups is 1. The highest BCUT2D eigenvalue weighted by Crippen LogP contribution is 2.14. The minimum Gasteiger partial charge on any atom is -0.491 e. The SMILES string of the molecule is CN=C(NCCc1ccc(OC(C)C)cc1)N(C)Cc1cccn1C.I. The molecule has 1 N–H and O–H groups in total. The summed E-state index contributed by atoms with van der Waals surface area (Å²) >= 11 is 0. The van der Waals surface area contributed by atoms with Gasteiger partial charge in [-0.3, -0.25) is 4.99 Å². The Labute approximate surface area is 174 Å². The molecule has 1 aromatic carbocycles. The van der Waals surface area contributed by atoms with Crippen molar-refractivity contribution in [2.24, 2.45) is 12.0 Å². The number of aryl methyl sites for hydroxylation is 1. The summed E-state index contributed by atoms with van der Waals surface area (Å²) in [5.74, 6) is 1.82. The van der Waals surface area contributed by atoms with E-state index in [0.717, 1.165) is 31.2 Å². The maximum atomic E-state index is 5.68. The van der Waals surface area contributed by atoms with Crippen LogP contribution in [-0.2, 0) is 20.0 Å². The van der Waals surface area contributed by atoms with Crippen molar-refractivity contribution in [3.05, 3.63) is 53.9 Å². The fourth-order valence-corrected chi connectivity index (χ4v) is 2.69. The van der Waals surface area contributed by atoms with E-state index in [9.17, 15) is 0 Å². The van der Waals surface area contributed by atoms with E-state index in [2.05, 4.69) is 64.3 Å². The summed E-state index contributed by atoms with van der Waals surface area (Å²) in [5, 5.41) is 3.43. The molecule has 1 aromatic heterocycles. The molecule has 0 unspecified atom stereocenters. The molecule has 2 rings (SSSR count). The van der Waals surface area contributed by atoms with Gasteiger partial charge in [0.25, 0.3) is 0 Å². The van der Waals surface area contributed by atoms with Gasteiger partial charge in [-0.05, 0) is 50.1 Å². The van der Waals surface area contributed by atoms with Crippen molar-refractivity contribution in [2.45, 2.75) is 32.9 Å². The molecule has 0 saturated carbocycles. The number of benzene rings is 1. The van der Waals surface area contributed by atoms with Gasteiger partial charge < -0.3 is 19.5 Å². The maximum Gasteiger partial charge on any atom is 0.193 e. The van der Waals surface area contributed by atoms with Crippen molar-refractivity contribution in [1.82, 2.24) is 14.8 Å². The van der Waals surface area contributed by atoms with E-state index in [1.54, 1.807) is 0 Å². The number of nitrogens with zero attached hydrogens (tertiary/aromatic N) is 3. The fourth-order valence-electron chi connectivity index (χ4n) is 2.69. The first kappa shape index (κ1) is 22.3. The molecule has 0 aliphatic rings. The first-order valence-corrected chi connectivity index (χ1v) is 8.77. The summed E-state index contributed by atoms with van der Waals surface area (Å²) in [6.45, 7) is 5.74. The van der Waals surface area contributed by atoms with E-state index < -0.39 is 0 Å². The van der Waals surface area contributed by atoms with Crippen LogP contribution < -0.4 is 10.1 Å². The molecule has 0 spiro atoms. The highest BCUT2D eigenvalue weighted by Gasteiger charge is 2.08. The third kappa shape index (κ3) is 6.90. The molecule has 6 heteroatoms. The van der Waals surface area contributed by atoms with E-state index >= 15 is 0 Å². The number of guanidine groups is 1. The molecule has 0 saturated heterocycles. The molecule has 26 heavy (non-hydrogen) atoms. The second-order valence-electron chi connectivity index (χ2n) is 6.50. The van der Waals surface area contributed by atoms with Crippen LogP contribution in [0.5, 0.6) is 5.75 Å². The molecule has 1 heterocycles. The number of rotatable bonds is 7. The first-order chi connectivity index (χ1) is 12.0. The van der Waals surface area contributed by atoms with E-state index in [0.29, 0.717) is 0 Å². The second-order valence-corrected chi connectivity index (χ2v) is 6.50. The zero-order chi connectivity index (χ0) is 18.2. The van der Waals surface area contributed by atoms with Crippen LogP contribution in [0.25, 0.3) is 0 Å². The molecule has 0 amide bonds. The number of nitrogens with one attached hydrogen (secondary N) is 1. The molecule has 0 fully saturated rings. The molecule has 0 radical (unpaired) electrons. The van der Waals surface area contributed by atoms with Crippen molar-refractivity contribution in [3.8, 4) is 5.75 Å². The summed E-state index contributed by atoms with van der Waals surface area (Å²) in [4.78, 5) is 6.51. The highest BCUT2D eigenvalue weighted by atomic mass is 127. The van der Waals surface area contributed by atoms with Crippen molar-refractivity contribution >= 4 is 29.9 Å². The Kier molecular flexibility index (Phi) is 9.54. The van der Waals surface area contributed by atoms with Crippen LogP contribution in [0.1, 0.15) is 25.1 Å². The van der Waals surface area contributed by atoms with Gasteiger partial charge in [0.1, 0.15) is 5.75 Å². The van der Waals surface area contributed by atoms with Crippen LogP contribution in [0, 0.1) is 0 Å². The zero-order valence-corrected chi connectivity index (χ0v) is 18.7. The molecule has 2 aromatic rings. The zero-order valence-electron chi connectivity index (χ0n) is 16.4. The van der Waals surface area contributed by atoms with Crippen LogP contribution in [0.15, 0.2) is 47.6 Å². The molecule has 5 nitrogen and oxygen atoms in total. The average Bonchev–Trinajstić information content (AvgIpc) is 2.97. The first-order valence-electron chi connectivity index (χ1n) is 8.77. The minimum atomic E-state index is 0. The van der Waals surface area contributed by atoms with Gasteiger partial charge in [0.15, 0.2) is 5.96 Å². The van der Waals surface area contributed by atoms with Crippen LogP contribution in [0.3, 0.4) is 0 Å². The Morgan fingerprint density at radius 1 is 1.23 bits per heavy atom. The molecule has 144 valence electrons. The number of ether oxygens (including phenoxy) is 1. The predicted octanol–water partition coefficient (Wildman–Crippen LogP) is 3.68. The molecule has 0 atom stereocenters. The summed E-state index contributed by atoms with van der Waals surface area (Å²) < 4.78 is 7.81. The standard InChI is InChI=1S/C20H30N4O.HI/c1-16(2)25-19-10-8-17(9-11-19)12-13-22-20(21-3)24(5)15-18-7-6-14-23(18)4;/h6-11,14,16H,12-13,15H2,1-5H3,(H,21,22);1H. The molecular formula is C20H31IN4O. The minimum absolute atomic E-state index is 0. The number of halogens is 1. The van der Waals surface area contributed by atoms with Crippen LogP contribution >= 0.6 is 24.0 Å². The third-order valence-electron chi connectivity index (χ3n) is 4.02. The molecule has 0 aliphatic carbocycles. The van der Waals surface area contributed by atoms with E-state index in [1.165, 1.54) is 11.3 Å². The average molecular weight is 470 g/mol. The molecule has 0 bridgehead atoms. The second kappa shape index (κ2) is 11.1. The van der Waals surface area contributed by atoms with E-state index in [-0.39, 0.29) is 30.1 Å². The smallest absolute Gasteiger partial charge is 0.193 e. The number of aromatic nitrogens is 1. The van der Waals surface area contributed by atoms with Crippen LogP contribution in [0.4, 0.5) is 0 Å². The number of hydrogen-bond acceptors (Lipinski definition) is 2. The summed E-state index contributed by atoms with van der Waals surface area (Å²) in [6.07, 6.45) is 3.21. The van der Waals surface area contributed by atoms with Gasteiger partial charge in [0, 0.05) is 39.6 Å². The summed E-state index contributed by atoms with van der Waals surface area (Å²) in [7, 11) is 5.94. The number of hydrogen-bond donors (Lipinski definition) is 1. The van der Waals surface area contributed by atoms with Crippen molar-refractivity contribution < 1.29 is 4.74 Å². The summed E-state index contributed by atoms with van der Waals surface area (Å²) in [5.41, 5.74) is 2.54. The highest BCUT2D eigenvalue weighted by molar-refractivity contribution is 14.0. The van der Waals surface area contributed by atoms with Gasteiger partial charge in [-0.15, -0.1) is 24.0 Å². The van der Waals surface area contributed by atoms with E-state index in [1.807, 2.05) is 33.0 Å². The van der Waals surface area contributed by atoms with Gasteiger partial charge in [0.2, 0.25) is 0 Å².